The molecule has 1 aromatic heterocycles. The lowest BCUT2D eigenvalue weighted by molar-refractivity contribution is -0.148. The Kier molecular flexibility index (Phi) is 3.11. The van der Waals surface area contributed by atoms with Crippen molar-refractivity contribution >= 4 is 11.9 Å². The van der Waals surface area contributed by atoms with Crippen LogP contribution in [0.4, 0.5) is 0 Å². The lowest BCUT2D eigenvalue weighted by Crippen LogP contribution is -2.46. The summed E-state index contributed by atoms with van der Waals surface area (Å²) in [6.07, 6.45) is 2.04. The first-order valence-corrected chi connectivity index (χ1v) is 5.91. The molecule has 1 aromatic rings. The minimum atomic E-state index is -0.898. The first kappa shape index (κ1) is 12.6. The fourth-order valence-corrected chi connectivity index (χ4v) is 2.35. The lowest BCUT2D eigenvalue weighted by atomic mass is 9.85. The van der Waals surface area contributed by atoms with Gasteiger partial charge in [0.1, 0.15) is 0 Å². The van der Waals surface area contributed by atoms with E-state index in [1.54, 1.807) is 13.8 Å². The van der Waals surface area contributed by atoms with Crippen molar-refractivity contribution < 1.29 is 19.2 Å². The van der Waals surface area contributed by atoms with Gasteiger partial charge in [-0.1, -0.05) is 11.6 Å². The molecule has 0 bridgehead atoms. The monoisotopic (exact) mass is 252 g/mol. The second kappa shape index (κ2) is 4.44. The summed E-state index contributed by atoms with van der Waals surface area (Å²) in [5.74, 6) is -1.17. The molecule has 0 saturated heterocycles. The number of aromatic nitrogens is 1. The van der Waals surface area contributed by atoms with E-state index < -0.39 is 17.3 Å². The van der Waals surface area contributed by atoms with E-state index in [0.717, 1.165) is 6.42 Å². The molecule has 1 amide bonds. The summed E-state index contributed by atoms with van der Waals surface area (Å²) in [6, 6.07) is 1.16. The van der Waals surface area contributed by atoms with Crippen molar-refractivity contribution in [3.8, 4) is 0 Å². The molecule has 0 spiro atoms. The number of aryl methyl sites for hydroxylation is 1. The van der Waals surface area contributed by atoms with Crippen LogP contribution in [-0.2, 0) is 4.79 Å². The van der Waals surface area contributed by atoms with Gasteiger partial charge in [-0.3, -0.25) is 9.59 Å². The molecular weight excluding hydrogens is 236 g/mol. The molecule has 98 valence electrons. The molecule has 0 aromatic carbocycles. The predicted molar refractivity (Wildman–Crippen MR) is 62.1 cm³/mol. The SMILES string of the molecule is Cc1cc(C(=O)NC2CCCC2(C)C(=O)O)on1. The molecular formula is C12H16N2O4. The molecule has 18 heavy (non-hydrogen) atoms. The van der Waals surface area contributed by atoms with Crippen molar-refractivity contribution in [1.82, 2.24) is 10.5 Å². The van der Waals surface area contributed by atoms with E-state index in [1.807, 2.05) is 0 Å². The van der Waals surface area contributed by atoms with Gasteiger partial charge in [0.25, 0.3) is 5.91 Å². The number of carbonyl (C=O) groups is 2. The largest absolute Gasteiger partial charge is 0.481 e. The van der Waals surface area contributed by atoms with Crippen molar-refractivity contribution in [1.29, 1.82) is 0 Å². The molecule has 1 aliphatic carbocycles. The van der Waals surface area contributed by atoms with Crippen LogP contribution >= 0.6 is 0 Å². The van der Waals surface area contributed by atoms with Crippen molar-refractivity contribution in [3.05, 3.63) is 17.5 Å². The summed E-state index contributed by atoms with van der Waals surface area (Å²) in [6.45, 7) is 3.39. The first-order valence-electron chi connectivity index (χ1n) is 5.91. The Hall–Kier alpha value is -1.85. The number of hydrogen-bond acceptors (Lipinski definition) is 4. The van der Waals surface area contributed by atoms with E-state index in [-0.39, 0.29) is 11.8 Å². The number of carbonyl (C=O) groups excluding carboxylic acids is 1. The van der Waals surface area contributed by atoms with Gasteiger partial charge in [0.05, 0.1) is 11.1 Å². The molecule has 2 rings (SSSR count). The first-order chi connectivity index (χ1) is 8.43. The normalized spacial score (nSPS) is 27.1. The van der Waals surface area contributed by atoms with Crippen molar-refractivity contribution in [2.45, 2.75) is 39.2 Å². The Balaban J connectivity index is 2.10. The molecule has 1 fully saturated rings. The Morgan fingerprint density at radius 3 is 2.89 bits per heavy atom. The van der Waals surface area contributed by atoms with Crippen LogP contribution in [0.1, 0.15) is 42.4 Å². The Bertz CT molecular complexity index is 482. The number of hydrogen-bond donors (Lipinski definition) is 2. The van der Waals surface area contributed by atoms with Crippen molar-refractivity contribution in [2.24, 2.45) is 5.41 Å². The highest BCUT2D eigenvalue weighted by atomic mass is 16.5. The molecule has 1 heterocycles. The van der Waals surface area contributed by atoms with Crippen LogP contribution in [0, 0.1) is 12.3 Å². The second-order valence-electron chi connectivity index (χ2n) is 4.97. The third kappa shape index (κ3) is 2.10. The van der Waals surface area contributed by atoms with Crippen LogP contribution in [0.15, 0.2) is 10.6 Å². The maximum absolute atomic E-state index is 11.9. The van der Waals surface area contributed by atoms with E-state index in [1.165, 1.54) is 6.07 Å². The standard InChI is InChI=1S/C12H16N2O4/c1-7-6-8(18-14-7)10(15)13-9-4-3-5-12(9,2)11(16)17/h6,9H,3-5H2,1-2H3,(H,13,15)(H,16,17). The third-order valence-corrected chi connectivity index (χ3v) is 3.60. The average Bonchev–Trinajstić information content (AvgIpc) is 2.87. The quantitative estimate of drug-likeness (QED) is 0.847. The van der Waals surface area contributed by atoms with Crippen LogP contribution in [0.5, 0.6) is 0 Å². The fourth-order valence-electron chi connectivity index (χ4n) is 2.35. The van der Waals surface area contributed by atoms with E-state index in [0.29, 0.717) is 18.5 Å². The lowest BCUT2D eigenvalue weighted by Gasteiger charge is -2.27. The van der Waals surface area contributed by atoms with Crippen LogP contribution in [0.25, 0.3) is 0 Å². The highest BCUT2D eigenvalue weighted by Crippen LogP contribution is 2.38. The number of carboxylic acid groups (broad SMARTS) is 1. The van der Waals surface area contributed by atoms with Crippen molar-refractivity contribution in [2.75, 3.05) is 0 Å². The fraction of sp³-hybridized carbons (Fsp3) is 0.583. The smallest absolute Gasteiger partial charge is 0.311 e. The summed E-state index contributed by atoms with van der Waals surface area (Å²) < 4.78 is 4.86. The highest BCUT2D eigenvalue weighted by Gasteiger charge is 2.46. The van der Waals surface area contributed by atoms with Gasteiger partial charge in [0.15, 0.2) is 0 Å². The molecule has 2 N–H and O–H groups in total. The van der Waals surface area contributed by atoms with Gasteiger partial charge in [-0.15, -0.1) is 0 Å². The predicted octanol–water partition coefficient (Wildman–Crippen LogP) is 1.36. The number of amides is 1. The summed E-state index contributed by atoms with van der Waals surface area (Å²) in [5, 5.41) is 15.6. The summed E-state index contributed by atoms with van der Waals surface area (Å²) in [4.78, 5) is 23.2. The van der Waals surface area contributed by atoms with Gasteiger partial charge in [-0.2, -0.15) is 0 Å². The molecule has 2 atom stereocenters. The zero-order valence-electron chi connectivity index (χ0n) is 10.4. The molecule has 0 radical (unpaired) electrons. The number of rotatable bonds is 3. The average molecular weight is 252 g/mol. The topological polar surface area (TPSA) is 92.4 Å². The Morgan fingerprint density at radius 1 is 1.61 bits per heavy atom. The van der Waals surface area contributed by atoms with Gasteiger partial charge in [0, 0.05) is 12.1 Å². The Labute approximate surface area is 104 Å². The molecule has 1 saturated carbocycles. The van der Waals surface area contributed by atoms with Gasteiger partial charge >= 0.3 is 5.97 Å². The molecule has 0 aliphatic heterocycles. The van der Waals surface area contributed by atoms with Gasteiger partial charge in [-0.05, 0) is 26.7 Å². The molecule has 1 aliphatic rings. The summed E-state index contributed by atoms with van der Waals surface area (Å²) in [7, 11) is 0. The number of carboxylic acids is 1. The van der Waals surface area contributed by atoms with Gasteiger partial charge in [0.2, 0.25) is 5.76 Å². The van der Waals surface area contributed by atoms with Crippen LogP contribution in [-0.4, -0.2) is 28.2 Å². The molecule has 2 unspecified atom stereocenters. The van der Waals surface area contributed by atoms with E-state index in [9.17, 15) is 14.7 Å². The van der Waals surface area contributed by atoms with E-state index in [2.05, 4.69) is 10.5 Å². The number of nitrogens with zero attached hydrogens (tertiary/aromatic N) is 1. The minimum Gasteiger partial charge on any atom is -0.481 e. The maximum atomic E-state index is 11.9. The van der Waals surface area contributed by atoms with Crippen molar-refractivity contribution in [3.63, 3.8) is 0 Å². The molecule has 6 heteroatoms. The van der Waals surface area contributed by atoms with Crippen LogP contribution in [0.3, 0.4) is 0 Å². The van der Waals surface area contributed by atoms with Gasteiger partial charge < -0.3 is 14.9 Å². The van der Waals surface area contributed by atoms with E-state index >= 15 is 0 Å². The van der Waals surface area contributed by atoms with E-state index in [4.69, 9.17) is 4.52 Å². The summed E-state index contributed by atoms with van der Waals surface area (Å²) in [5.41, 5.74) is -0.280. The minimum absolute atomic E-state index is 0.118. The second-order valence-corrected chi connectivity index (χ2v) is 4.97. The summed E-state index contributed by atoms with van der Waals surface area (Å²) >= 11 is 0. The zero-order chi connectivity index (χ0) is 13.3. The van der Waals surface area contributed by atoms with Crippen LogP contribution < -0.4 is 5.32 Å². The molecule has 6 nitrogen and oxygen atoms in total. The van der Waals surface area contributed by atoms with Crippen LogP contribution in [0.2, 0.25) is 0 Å². The third-order valence-electron chi connectivity index (χ3n) is 3.60. The van der Waals surface area contributed by atoms with Gasteiger partial charge in [-0.25, -0.2) is 0 Å². The number of nitrogens with one attached hydrogen (secondary N) is 1. The number of aliphatic carboxylic acids is 1. The maximum Gasteiger partial charge on any atom is 0.311 e. The highest BCUT2D eigenvalue weighted by molar-refractivity contribution is 5.92. The zero-order valence-corrected chi connectivity index (χ0v) is 10.4. The Morgan fingerprint density at radius 2 is 2.33 bits per heavy atom.